The number of sulfonamides is 1. The number of hydrogen-bond donors (Lipinski definition) is 0. The Hall–Kier alpha value is -3.12. The lowest BCUT2D eigenvalue weighted by atomic mass is 10.2. The Bertz CT molecular complexity index is 1500. The summed E-state index contributed by atoms with van der Waals surface area (Å²) in [5.74, 6) is -1.96. The summed E-state index contributed by atoms with van der Waals surface area (Å²) in [5.41, 5.74) is 0.734. The molecule has 0 bridgehead atoms. The van der Waals surface area contributed by atoms with Gasteiger partial charge in [-0.1, -0.05) is 29.5 Å². The van der Waals surface area contributed by atoms with E-state index in [1.807, 2.05) is 19.0 Å². The SMILES string of the molecule is CN(C)CCN(C(=O)c1ccc(S(=O)(=O)N(C)c2ccccc2)cc1)c1nc2c(F)cc(F)cc2s1.Cl. The summed E-state index contributed by atoms with van der Waals surface area (Å²) in [6, 6.07) is 16.2. The monoisotopic (exact) mass is 566 g/mol. The first-order valence-electron chi connectivity index (χ1n) is 10.9. The highest BCUT2D eigenvalue weighted by Gasteiger charge is 2.25. The maximum atomic E-state index is 14.2. The third kappa shape index (κ3) is 6.07. The number of thiazole rings is 1. The molecule has 3 aromatic carbocycles. The van der Waals surface area contributed by atoms with E-state index in [9.17, 15) is 22.0 Å². The van der Waals surface area contributed by atoms with E-state index in [4.69, 9.17) is 0 Å². The molecule has 12 heteroatoms. The molecule has 7 nitrogen and oxygen atoms in total. The zero-order valence-corrected chi connectivity index (χ0v) is 22.7. The van der Waals surface area contributed by atoms with E-state index in [-0.39, 0.29) is 44.8 Å². The molecule has 196 valence electrons. The van der Waals surface area contributed by atoms with Gasteiger partial charge < -0.3 is 4.90 Å². The number of hydrogen-bond acceptors (Lipinski definition) is 6. The zero-order valence-electron chi connectivity index (χ0n) is 20.3. The number of likely N-dealkylation sites (N-methyl/N-ethyl adjacent to an activating group) is 1. The minimum Gasteiger partial charge on any atom is -0.308 e. The molecular formula is C25H25ClF2N4O3S2. The number of amides is 1. The molecule has 1 amide bonds. The first-order valence-corrected chi connectivity index (χ1v) is 13.2. The number of benzene rings is 3. The van der Waals surface area contributed by atoms with Crippen LogP contribution in [0.15, 0.2) is 71.6 Å². The number of fused-ring (bicyclic) bond motifs is 1. The third-order valence-electron chi connectivity index (χ3n) is 5.53. The van der Waals surface area contributed by atoms with Crippen molar-refractivity contribution in [3.63, 3.8) is 0 Å². The van der Waals surface area contributed by atoms with Gasteiger partial charge in [-0.15, -0.1) is 12.4 Å². The number of aromatic nitrogens is 1. The van der Waals surface area contributed by atoms with Gasteiger partial charge in [0.05, 0.1) is 15.3 Å². The Kier molecular flexibility index (Phi) is 8.85. The molecule has 0 spiro atoms. The van der Waals surface area contributed by atoms with Gasteiger partial charge in [-0.3, -0.25) is 14.0 Å². The molecule has 0 saturated heterocycles. The van der Waals surface area contributed by atoms with E-state index in [1.54, 1.807) is 30.3 Å². The predicted octanol–water partition coefficient (Wildman–Crippen LogP) is 5.03. The smallest absolute Gasteiger partial charge is 0.264 e. The Morgan fingerprint density at radius 3 is 2.22 bits per heavy atom. The predicted molar refractivity (Wildman–Crippen MR) is 145 cm³/mol. The fourth-order valence-electron chi connectivity index (χ4n) is 3.51. The first-order chi connectivity index (χ1) is 17.1. The van der Waals surface area contributed by atoms with Crippen molar-refractivity contribution in [3.8, 4) is 0 Å². The van der Waals surface area contributed by atoms with Crippen molar-refractivity contribution in [1.29, 1.82) is 0 Å². The zero-order chi connectivity index (χ0) is 26.0. The lowest BCUT2D eigenvalue weighted by Gasteiger charge is -2.22. The van der Waals surface area contributed by atoms with Gasteiger partial charge in [0.15, 0.2) is 10.9 Å². The van der Waals surface area contributed by atoms with E-state index < -0.39 is 27.6 Å². The van der Waals surface area contributed by atoms with Crippen LogP contribution >= 0.6 is 23.7 Å². The van der Waals surface area contributed by atoms with Crippen LogP contribution in [0.5, 0.6) is 0 Å². The van der Waals surface area contributed by atoms with Crippen LogP contribution in [-0.4, -0.2) is 58.4 Å². The largest absolute Gasteiger partial charge is 0.308 e. The topological polar surface area (TPSA) is 73.8 Å². The molecule has 1 heterocycles. The lowest BCUT2D eigenvalue weighted by Crippen LogP contribution is -2.36. The summed E-state index contributed by atoms with van der Waals surface area (Å²) in [6.45, 7) is 0.736. The molecule has 0 aliphatic carbocycles. The quantitative estimate of drug-likeness (QED) is 0.299. The van der Waals surface area contributed by atoms with Crippen LogP contribution in [0.25, 0.3) is 10.2 Å². The van der Waals surface area contributed by atoms with Crippen LogP contribution in [0.2, 0.25) is 0 Å². The first kappa shape index (κ1) is 28.5. The molecule has 1 aromatic heterocycles. The Morgan fingerprint density at radius 2 is 1.59 bits per heavy atom. The van der Waals surface area contributed by atoms with Crippen LogP contribution in [0.3, 0.4) is 0 Å². The molecule has 0 aliphatic rings. The summed E-state index contributed by atoms with van der Waals surface area (Å²) in [4.78, 5) is 21.0. The molecular weight excluding hydrogens is 542 g/mol. The van der Waals surface area contributed by atoms with Crippen molar-refractivity contribution >= 4 is 60.7 Å². The highest BCUT2D eigenvalue weighted by atomic mass is 35.5. The van der Waals surface area contributed by atoms with Crippen LogP contribution in [0.1, 0.15) is 10.4 Å². The molecule has 0 N–H and O–H groups in total. The molecule has 0 atom stereocenters. The number of nitrogens with zero attached hydrogens (tertiary/aromatic N) is 4. The average molecular weight is 567 g/mol. The molecule has 4 aromatic rings. The number of carbonyl (C=O) groups excluding carboxylic acids is 1. The van der Waals surface area contributed by atoms with Crippen LogP contribution in [-0.2, 0) is 10.0 Å². The van der Waals surface area contributed by atoms with Crippen molar-refractivity contribution in [1.82, 2.24) is 9.88 Å². The molecule has 0 fully saturated rings. The highest BCUT2D eigenvalue weighted by Crippen LogP contribution is 2.32. The fourth-order valence-corrected chi connectivity index (χ4v) is 5.73. The van der Waals surface area contributed by atoms with Crippen molar-refractivity contribution in [2.75, 3.05) is 43.4 Å². The van der Waals surface area contributed by atoms with E-state index in [0.717, 1.165) is 17.4 Å². The molecule has 0 unspecified atom stereocenters. The fraction of sp³-hybridized carbons (Fsp3) is 0.200. The van der Waals surface area contributed by atoms with Gasteiger partial charge >= 0.3 is 0 Å². The van der Waals surface area contributed by atoms with Crippen LogP contribution in [0, 0.1) is 11.6 Å². The van der Waals surface area contributed by atoms with Gasteiger partial charge in [0.2, 0.25) is 0 Å². The Labute approximate surface area is 224 Å². The van der Waals surface area contributed by atoms with Gasteiger partial charge in [-0.2, -0.15) is 0 Å². The maximum absolute atomic E-state index is 14.2. The number of carbonyl (C=O) groups is 1. The minimum absolute atomic E-state index is 0. The molecule has 0 aliphatic heterocycles. The number of rotatable bonds is 8. The molecule has 0 saturated carbocycles. The van der Waals surface area contributed by atoms with E-state index in [2.05, 4.69) is 4.98 Å². The van der Waals surface area contributed by atoms with E-state index in [1.165, 1.54) is 46.6 Å². The van der Waals surface area contributed by atoms with Crippen LogP contribution in [0.4, 0.5) is 19.6 Å². The third-order valence-corrected chi connectivity index (χ3v) is 8.35. The summed E-state index contributed by atoms with van der Waals surface area (Å²) in [7, 11) is 1.31. The van der Waals surface area contributed by atoms with E-state index >= 15 is 0 Å². The van der Waals surface area contributed by atoms with Gasteiger partial charge in [0.25, 0.3) is 15.9 Å². The summed E-state index contributed by atoms with van der Waals surface area (Å²) < 4.78 is 55.5. The van der Waals surface area contributed by atoms with Gasteiger partial charge in [-0.25, -0.2) is 22.2 Å². The average Bonchev–Trinajstić information content (AvgIpc) is 3.28. The summed E-state index contributed by atoms with van der Waals surface area (Å²) in [6.07, 6.45) is 0. The van der Waals surface area contributed by atoms with Crippen molar-refractivity contribution in [2.24, 2.45) is 0 Å². The summed E-state index contributed by atoms with van der Waals surface area (Å²) in [5, 5.41) is 0.224. The Balaban J connectivity index is 0.00000380. The minimum atomic E-state index is -3.84. The van der Waals surface area contributed by atoms with Crippen molar-refractivity contribution in [2.45, 2.75) is 4.90 Å². The van der Waals surface area contributed by atoms with Gasteiger partial charge in [0.1, 0.15) is 11.3 Å². The second kappa shape index (κ2) is 11.5. The van der Waals surface area contributed by atoms with E-state index in [0.29, 0.717) is 12.2 Å². The van der Waals surface area contributed by atoms with Crippen molar-refractivity contribution < 1.29 is 22.0 Å². The second-order valence-electron chi connectivity index (χ2n) is 8.32. The summed E-state index contributed by atoms with van der Waals surface area (Å²) >= 11 is 1.01. The second-order valence-corrected chi connectivity index (χ2v) is 11.3. The molecule has 37 heavy (non-hydrogen) atoms. The van der Waals surface area contributed by atoms with Crippen LogP contribution < -0.4 is 9.21 Å². The number of halogens is 3. The van der Waals surface area contributed by atoms with Gasteiger partial charge in [-0.05, 0) is 56.6 Å². The molecule has 4 rings (SSSR count). The standard InChI is InChI=1S/C25H24F2N4O3S2.ClH/c1-29(2)13-14-31(25-28-23-21(27)15-18(26)16-22(23)35-25)24(32)17-9-11-20(12-10-17)36(33,34)30(3)19-7-5-4-6-8-19;/h4-12,15-16H,13-14H2,1-3H3;1H. The lowest BCUT2D eigenvalue weighted by molar-refractivity contribution is 0.0985. The molecule has 0 radical (unpaired) electrons. The number of para-hydroxylation sites is 1. The maximum Gasteiger partial charge on any atom is 0.264 e. The Morgan fingerprint density at radius 1 is 0.946 bits per heavy atom. The number of anilines is 2. The van der Waals surface area contributed by atoms with Gasteiger partial charge in [0, 0.05) is 31.8 Å². The highest BCUT2D eigenvalue weighted by molar-refractivity contribution is 7.92. The van der Waals surface area contributed by atoms with Crippen molar-refractivity contribution in [3.05, 3.63) is 83.9 Å². The normalized spacial score (nSPS) is 11.4.